The summed E-state index contributed by atoms with van der Waals surface area (Å²) in [6.45, 7) is 12.8. The van der Waals surface area contributed by atoms with Gasteiger partial charge in [-0.3, -0.25) is 4.90 Å². The van der Waals surface area contributed by atoms with Gasteiger partial charge in [-0.1, -0.05) is 38.0 Å². The van der Waals surface area contributed by atoms with E-state index in [1.807, 2.05) is 0 Å². The number of allylic oxidation sites excluding steroid dienone is 2. The molecule has 4 nitrogen and oxygen atoms in total. The molecule has 0 aromatic rings. The van der Waals surface area contributed by atoms with Crippen LogP contribution >= 0.6 is 0 Å². The molecule has 2 aliphatic heterocycles. The van der Waals surface area contributed by atoms with Crippen molar-refractivity contribution < 1.29 is 9.84 Å². The predicted octanol–water partition coefficient (Wildman–Crippen LogP) is 4.67. The van der Waals surface area contributed by atoms with Crippen molar-refractivity contribution in [3.05, 3.63) is 22.8 Å². The molecule has 2 heterocycles. The number of hydrogen-bond donors (Lipinski definition) is 2. The van der Waals surface area contributed by atoms with E-state index < -0.39 is 0 Å². The highest BCUT2D eigenvalue weighted by Gasteiger charge is 2.61. The van der Waals surface area contributed by atoms with Gasteiger partial charge in [-0.25, -0.2) is 0 Å². The van der Waals surface area contributed by atoms with Crippen LogP contribution in [0.3, 0.4) is 0 Å². The van der Waals surface area contributed by atoms with Crippen LogP contribution < -0.4 is 5.73 Å². The Hall–Kier alpha value is -0.680. The van der Waals surface area contributed by atoms with Gasteiger partial charge in [0, 0.05) is 31.6 Å². The number of aliphatic hydroxyl groups is 1. The topological polar surface area (TPSA) is 58.7 Å². The first-order valence-corrected chi connectivity index (χ1v) is 14.0. The summed E-state index contributed by atoms with van der Waals surface area (Å²) in [5, 5.41) is 10.3. The molecule has 10 atom stereocenters. The summed E-state index contributed by atoms with van der Waals surface area (Å²) in [6, 6.07) is 0.520. The van der Waals surface area contributed by atoms with Crippen molar-refractivity contribution >= 4 is 0 Å². The molecule has 0 aromatic carbocycles. The Morgan fingerprint density at radius 3 is 2.82 bits per heavy atom. The van der Waals surface area contributed by atoms with E-state index in [4.69, 9.17) is 10.5 Å². The fourth-order valence-corrected chi connectivity index (χ4v) is 9.89. The first-order chi connectivity index (χ1) is 15.8. The highest BCUT2D eigenvalue weighted by molar-refractivity contribution is 5.38. The van der Waals surface area contributed by atoms with Gasteiger partial charge in [0.2, 0.25) is 0 Å². The minimum absolute atomic E-state index is 0.0640. The van der Waals surface area contributed by atoms with Crippen LogP contribution in [-0.4, -0.2) is 53.5 Å². The van der Waals surface area contributed by atoms with Crippen LogP contribution in [0.25, 0.3) is 0 Å². The number of nitrogens with zero attached hydrogens (tertiary/aromatic N) is 1. The average Bonchev–Trinajstić information content (AvgIpc) is 3.29. The van der Waals surface area contributed by atoms with E-state index in [-0.39, 0.29) is 11.7 Å². The standard InChI is InChI=1S/C29H46N2O2/c1-17-13-26-27(31(16-17)12-11-30)19(3)29(33-26)10-8-22-23-6-5-20-14-21(32)7-9-28(20,4)25(23)15-24(22)18(29)2/h5,17,19,21-23,25-27,32H,6-16,30H2,1-4H3/t17-,19?,21-,22-,23-,25-,26+,27-,28-,29-/m0/s1. The van der Waals surface area contributed by atoms with Crippen molar-refractivity contribution in [2.75, 3.05) is 19.6 Å². The number of rotatable bonds is 2. The summed E-state index contributed by atoms with van der Waals surface area (Å²) in [4.78, 5) is 2.67. The quantitative estimate of drug-likeness (QED) is 0.595. The maximum Gasteiger partial charge on any atom is 0.0937 e. The number of nitrogens with two attached hydrogens (primary N) is 1. The molecule has 6 rings (SSSR count). The van der Waals surface area contributed by atoms with Gasteiger partial charge in [0.05, 0.1) is 17.8 Å². The third-order valence-corrected chi connectivity index (χ3v) is 11.5. The molecule has 0 radical (unpaired) electrons. The summed E-state index contributed by atoms with van der Waals surface area (Å²) in [5.41, 5.74) is 11.2. The Bertz CT molecular complexity index is 866. The Labute approximate surface area is 201 Å². The lowest BCUT2D eigenvalue weighted by atomic mass is 9.56. The van der Waals surface area contributed by atoms with Crippen LogP contribution in [0.4, 0.5) is 0 Å². The van der Waals surface area contributed by atoms with Crippen molar-refractivity contribution in [3.63, 3.8) is 0 Å². The number of fused-ring (bicyclic) bond motifs is 6. The Balaban J connectivity index is 1.33. The summed E-state index contributed by atoms with van der Waals surface area (Å²) in [6.07, 6.45) is 12.0. The number of ether oxygens (including phenoxy) is 1. The molecule has 33 heavy (non-hydrogen) atoms. The molecule has 4 fully saturated rings. The molecule has 6 aliphatic rings. The first-order valence-electron chi connectivity index (χ1n) is 14.0. The molecule has 4 aliphatic carbocycles. The number of aliphatic hydroxyl groups excluding tert-OH is 1. The van der Waals surface area contributed by atoms with Crippen LogP contribution in [-0.2, 0) is 4.74 Å². The van der Waals surface area contributed by atoms with E-state index in [0.29, 0.717) is 29.4 Å². The molecule has 0 amide bonds. The van der Waals surface area contributed by atoms with Crippen LogP contribution in [0, 0.1) is 35.0 Å². The van der Waals surface area contributed by atoms with E-state index in [1.54, 1.807) is 16.7 Å². The smallest absolute Gasteiger partial charge is 0.0937 e. The number of hydrogen-bond acceptors (Lipinski definition) is 4. The zero-order valence-corrected chi connectivity index (χ0v) is 21.4. The fourth-order valence-electron chi connectivity index (χ4n) is 9.89. The zero-order chi connectivity index (χ0) is 23.1. The number of likely N-dealkylation sites (tertiary alicyclic amines) is 1. The van der Waals surface area contributed by atoms with Gasteiger partial charge in [-0.2, -0.15) is 0 Å². The molecular formula is C29H46N2O2. The fraction of sp³-hybridized carbons (Fsp3) is 0.862. The molecule has 2 saturated carbocycles. The highest BCUT2D eigenvalue weighted by atomic mass is 16.5. The lowest BCUT2D eigenvalue weighted by Crippen LogP contribution is -2.53. The summed E-state index contributed by atoms with van der Waals surface area (Å²) < 4.78 is 7.19. The largest absolute Gasteiger partial charge is 0.393 e. The Morgan fingerprint density at radius 2 is 2.03 bits per heavy atom. The maximum atomic E-state index is 10.3. The van der Waals surface area contributed by atoms with Crippen LogP contribution in [0.5, 0.6) is 0 Å². The maximum absolute atomic E-state index is 10.3. The SMILES string of the molecule is CC1=C2C[C@H]3[C@@H](CC=C4C[C@@H](O)CC[C@@]43C)[C@@H]2CC[C@]12O[C@@H]1C[C@H](C)CN(CCN)[C@H]1C2C. The molecule has 2 saturated heterocycles. The number of piperidine rings is 1. The van der Waals surface area contributed by atoms with Gasteiger partial charge >= 0.3 is 0 Å². The van der Waals surface area contributed by atoms with Crippen molar-refractivity contribution in [2.45, 2.75) is 103 Å². The molecule has 3 N–H and O–H groups in total. The normalized spacial score (nSPS) is 51.8. The van der Waals surface area contributed by atoms with Gasteiger partial charge in [0.25, 0.3) is 0 Å². The molecule has 4 heteroatoms. The third kappa shape index (κ3) is 3.16. The average molecular weight is 455 g/mol. The molecule has 0 aromatic heterocycles. The lowest BCUT2D eigenvalue weighted by Gasteiger charge is -2.49. The van der Waals surface area contributed by atoms with E-state index >= 15 is 0 Å². The van der Waals surface area contributed by atoms with Gasteiger partial charge in [-0.05, 0) is 93.0 Å². The van der Waals surface area contributed by atoms with Gasteiger partial charge in [-0.15, -0.1) is 0 Å². The molecule has 1 unspecified atom stereocenters. The molecule has 184 valence electrons. The second-order valence-electron chi connectivity index (χ2n) is 13.0. The predicted molar refractivity (Wildman–Crippen MR) is 133 cm³/mol. The summed E-state index contributed by atoms with van der Waals surface area (Å²) >= 11 is 0. The van der Waals surface area contributed by atoms with Gasteiger partial charge < -0.3 is 15.6 Å². The molecular weight excluding hydrogens is 408 g/mol. The second kappa shape index (κ2) is 7.91. The Morgan fingerprint density at radius 1 is 1.21 bits per heavy atom. The van der Waals surface area contributed by atoms with E-state index in [1.165, 1.54) is 38.6 Å². The lowest BCUT2D eigenvalue weighted by molar-refractivity contribution is -0.0645. The van der Waals surface area contributed by atoms with Crippen molar-refractivity contribution in [1.82, 2.24) is 4.90 Å². The Kier molecular flexibility index (Phi) is 5.46. The third-order valence-electron chi connectivity index (χ3n) is 11.5. The zero-order valence-electron chi connectivity index (χ0n) is 21.4. The molecule has 0 bridgehead atoms. The van der Waals surface area contributed by atoms with Crippen molar-refractivity contribution in [3.8, 4) is 0 Å². The van der Waals surface area contributed by atoms with Gasteiger partial charge in [0.15, 0.2) is 0 Å². The van der Waals surface area contributed by atoms with E-state index in [9.17, 15) is 5.11 Å². The van der Waals surface area contributed by atoms with Crippen molar-refractivity contribution in [2.24, 2.45) is 40.7 Å². The monoisotopic (exact) mass is 454 g/mol. The summed E-state index contributed by atoms with van der Waals surface area (Å²) in [5.74, 6) is 3.52. The van der Waals surface area contributed by atoms with Crippen LogP contribution in [0.15, 0.2) is 22.8 Å². The second-order valence-corrected chi connectivity index (χ2v) is 13.0. The van der Waals surface area contributed by atoms with Crippen molar-refractivity contribution in [1.29, 1.82) is 0 Å². The van der Waals surface area contributed by atoms with E-state index in [2.05, 4.69) is 38.7 Å². The minimum Gasteiger partial charge on any atom is -0.393 e. The molecule has 1 spiro atoms. The minimum atomic E-state index is -0.122. The highest BCUT2D eigenvalue weighted by Crippen LogP contribution is 2.65. The van der Waals surface area contributed by atoms with Crippen LogP contribution in [0.1, 0.15) is 79.1 Å². The summed E-state index contributed by atoms with van der Waals surface area (Å²) in [7, 11) is 0. The first kappa shape index (κ1) is 22.8. The van der Waals surface area contributed by atoms with Crippen LogP contribution in [0.2, 0.25) is 0 Å². The van der Waals surface area contributed by atoms with Gasteiger partial charge in [0.1, 0.15) is 0 Å². The van der Waals surface area contributed by atoms with E-state index in [0.717, 1.165) is 50.1 Å².